The number of hydrogen-bond acceptors (Lipinski definition) is 2. The van der Waals surface area contributed by atoms with Gasteiger partial charge in [-0.05, 0) is 109 Å². The zero-order valence-electron chi connectivity index (χ0n) is 25.0. The highest BCUT2D eigenvalue weighted by molar-refractivity contribution is 5.62. The third-order valence-electron chi connectivity index (χ3n) is 4.72. The van der Waals surface area contributed by atoms with E-state index < -0.39 is 0 Å². The fourth-order valence-electron chi connectivity index (χ4n) is 2.76. The Morgan fingerprint density at radius 3 is 1.91 bits per heavy atom. The average Bonchev–Trinajstić information content (AvgIpc) is 2.75. The number of rotatable bonds is 8. The van der Waals surface area contributed by atoms with Crippen LogP contribution in [0.25, 0.3) is 5.70 Å². The highest BCUT2D eigenvalue weighted by Crippen LogP contribution is 2.12. The maximum atomic E-state index is 4.11. The SMILES string of the molecule is C=C(C)C.C=C(NCCCCN(C)C)c1cccc(CC)c1.CC(C)C.Cc1ccc(C)c(C)c1. The fraction of sp³-hybridized carbons (Fsp3) is 0.515. The van der Waals surface area contributed by atoms with Crippen LogP contribution in [0, 0.1) is 26.7 Å². The van der Waals surface area contributed by atoms with E-state index in [2.05, 4.69) is 128 Å². The number of allylic oxidation sites excluding steroid dienone is 1. The van der Waals surface area contributed by atoms with Gasteiger partial charge in [0.25, 0.3) is 0 Å². The molecule has 0 aliphatic heterocycles. The summed E-state index contributed by atoms with van der Waals surface area (Å²) in [5.74, 6) is 0.833. The largest absolute Gasteiger partial charge is 0.385 e. The molecule has 0 amide bonds. The quantitative estimate of drug-likeness (QED) is 0.299. The van der Waals surface area contributed by atoms with Crippen LogP contribution in [-0.4, -0.2) is 32.1 Å². The number of nitrogens with one attached hydrogen (secondary N) is 1. The Morgan fingerprint density at radius 2 is 1.46 bits per heavy atom. The van der Waals surface area contributed by atoms with Crippen LogP contribution in [0.3, 0.4) is 0 Å². The second kappa shape index (κ2) is 21.0. The number of aryl methyl sites for hydroxylation is 4. The van der Waals surface area contributed by atoms with Gasteiger partial charge in [0.05, 0.1) is 0 Å². The summed E-state index contributed by atoms with van der Waals surface area (Å²) in [7, 11) is 4.23. The minimum atomic E-state index is 0.833. The van der Waals surface area contributed by atoms with Crippen LogP contribution >= 0.6 is 0 Å². The van der Waals surface area contributed by atoms with E-state index in [0.717, 1.165) is 31.1 Å². The molecule has 0 atom stereocenters. The Labute approximate surface area is 219 Å². The van der Waals surface area contributed by atoms with Crippen LogP contribution in [0.1, 0.15) is 82.2 Å². The van der Waals surface area contributed by atoms with Crippen molar-refractivity contribution in [2.45, 2.75) is 81.6 Å². The van der Waals surface area contributed by atoms with Crippen LogP contribution in [0.15, 0.2) is 61.2 Å². The molecule has 2 aromatic carbocycles. The van der Waals surface area contributed by atoms with E-state index in [1.165, 1.54) is 46.2 Å². The summed E-state index contributed by atoms with van der Waals surface area (Å²) in [5, 5.41) is 3.41. The topological polar surface area (TPSA) is 15.3 Å². The highest BCUT2D eigenvalue weighted by atomic mass is 15.0. The molecule has 0 fully saturated rings. The van der Waals surface area contributed by atoms with Crippen LogP contribution in [0.5, 0.6) is 0 Å². The first-order chi connectivity index (χ1) is 16.3. The van der Waals surface area contributed by atoms with E-state index in [1.54, 1.807) is 0 Å². The van der Waals surface area contributed by atoms with Gasteiger partial charge in [-0.3, -0.25) is 0 Å². The normalized spacial score (nSPS) is 9.74. The van der Waals surface area contributed by atoms with E-state index >= 15 is 0 Å². The standard InChI is InChI=1S/C16H26N2.C9H12.C4H10.C4H8/c1-5-15-9-8-10-16(13-15)14(2)17-11-6-7-12-18(3)4;1-7-4-5-8(2)9(3)6-7;2*1-4(2)3/h8-10,13,17H,2,5-7,11-12H2,1,3-4H3;4-6H,1-3H3;4H,1-3H3;1H2,2-3H3. The molecule has 198 valence electrons. The first kappa shape index (κ1) is 34.8. The van der Waals surface area contributed by atoms with Gasteiger partial charge in [0, 0.05) is 12.2 Å². The van der Waals surface area contributed by atoms with Crippen LogP contribution in [-0.2, 0) is 6.42 Å². The molecule has 2 nitrogen and oxygen atoms in total. The first-order valence-corrected chi connectivity index (χ1v) is 13.1. The maximum Gasteiger partial charge on any atom is 0.0340 e. The van der Waals surface area contributed by atoms with Gasteiger partial charge in [0.1, 0.15) is 0 Å². The Kier molecular flexibility index (Phi) is 20.9. The lowest BCUT2D eigenvalue weighted by Crippen LogP contribution is -2.17. The van der Waals surface area contributed by atoms with Crippen molar-refractivity contribution in [2.75, 3.05) is 27.2 Å². The van der Waals surface area contributed by atoms with Gasteiger partial charge in [0.2, 0.25) is 0 Å². The van der Waals surface area contributed by atoms with Gasteiger partial charge in [-0.25, -0.2) is 0 Å². The molecule has 0 spiro atoms. The van der Waals surface area contributed by atoms with Crippen molar-refractivity contribution in [1.29, 1.82) is 0 Å². The van der Waals surface area contributed by atoms with Crippen molar-refractivity contribution >= 4 is 5.70 Å². The van der Waals surface area contributed by atoms with Gasteiger partial charge in [-0.2, -0.15) is 0 Å². The van der Waals surface area contributed by atoms with E-state index in [0.29, 0.717) is 0 Å². The predicted octanol–water partition coefficient (Wildman–Crippen LogP) is 9.01. The zero-order chi connectivity index (χ0) is 27.4. The molecule has 0 radical (unpaired) electrons. The average molecular weight is 481 g/mol. The smallest absolute Gasteiger partial charge is 0.0340 e. The van der Waals surface area contributed by atoms with Gasteiger partial charge >= 0.3 is 0 Å². The number of unbranched alkanes of at least 4 members (excludes halogenated alkanes) is 1. The van der Waals surface area contributed by atoms with Gasteiger partial charge in [-0.1, -0.05) is 81.8 Å². The van der Waals surface area contributed by atoms with Crippen LogP contribution < -0.4 is 5.32 Å². The van der Waals surface area contributed by atoms with Crippen molar-refractivity contribution < 1.29 is 0 Å². The third kappa shape index (κ3) is 23.2. The predicted molar refractivity (Wildman–Crippen MR) is 162 cm³/mol. The monoisotopic (exact) mass is 480 g/mol. The van der Waals surface area contributed by atoms with Crippen LogP contribution in [0.4, 0.5) is 0 Å². The molecular weight excluding hydrogens is 424 g/mol. The Morgan fingerprint density at radius 1 is 0.886 bits per heavy atom. The summed E-state index contributed by atoms with van der Waals surface area (Å²) >= 11 is 0. The van der Waals surface area contributed by atoms with Crippen molar-refractivity contribution in [3.8, 4) is 0 Å². The van der Waals surface area contributed by atoms with E-state index in [4.69, 9.17) is 0 Å². The summed E-state index contributed by atoms with van der Waals surface area (Å²) in [4.78, 5) is 2.22. The molecule has 0 heterocycles. The Hall–Kier alpha value is -2.32. The minimum Gasteiger partial charge on any atom is -0.385 e. The maximum absolute atomic E-state index is 4.11. The Bertz CT molecular complexity index is 824. The molecule has 2 rings (SSSR count). The molecule has 0 bridgehead atoms. The van der Waals surface area contributed by atoms with E-state index in [1.807, 2.05) is 13.8 Å². The second-order valence-electron chi connectivity index (χ2n) is 10.5. The van der Waals surface area contributed by atoms with Crippen molar-refractivity contribution in [3.05, 3.63) is 89.0 Å². The molecule has 2 aromatic rings. The third-order valence-corrected chi connectivity index (χ3v) is 4.72. The summed E-state index contributed by atoms with van der Waals surface area (Å²) in [5.41, 5.74) is 8.88. The molecule has 35 heavy (non-hydrogen) atoms. The lowest BCUT2D eigenvalue weighted by atomic mass is 10.1. The van der Waals surface area contributed by atoms with Crippen LogP contribution in [0.2, 0.25) is 0 Å². The van der Waals surface area contributed by atoms with Crippen molar-refractivity contribution in [1.82, 2.24) is 10.2 Å². The molecule has 0 unspecified atom stereocenters. The number of hydrogen-bond donors (Lipinski definition) is 1. The molecule has 2 heteroatoms. The molecule has 0 saturated heterocycles. The van der Waals surface area contributed by atoms with E-state index in [-0.39, 0.29) is 0 Å². The van der Waals surface area contributed by atoms with Gasteiger partial charge in [-0.15, -0.1) is 6.58 Å². The lowest BCUT2D eigenvalue weighted by Gasteiger charge is -2.12. The van der Waals surface area contributed by atoms with Gasteiger partial charge < -0.3 is 10.2 Å². The number of benzene rings is 2. The lowest BCUT2D eigenvalue weighted by molar-refractivity contribution is 0.394. The summed E-state index contributed by atoms with van der Waals surface area (Å²) in [6.45, 7) is 28.8. The molecular formula is C33H56N2. The first-order valence-electron chi connectivity index (χ1n) is 13.1. The van der Waals surface area contributed by atoms with E-state index in [9.17, 15) is 0 Å². The summed E-state index contributed by atoms with van der Waals surface area (Å²) in [6.07, 6.45) is 3.48. The Balaban J connectivity index is 0. The highest BCUT2D eigenvalue weighted by Gasteiger charge is 1.99. The molecule has 0 saturated carbocycles. The molecule has 1 N–H and O–H groups in total. The molecule has 0 aliphatic carbocycles. The minimum absolute atomic E-state index is 0.833. The second-order valence-corrected chi connectivity index (χ2v) is 10.5. The fourth-order valence-corrected chi connectivity index (χ4v) is 2.76. The summed E-state index contributed by atoms with van der Waals surface area (Å²) < 4.78 is 0. The number of nitrogens with zero attached hydrogens (tertiary/aromatic N) is 1. The van der Waals surface area contributed by atoms with Gasteiger partial charge in [0.15, 0.2) is 0 Å². The van der Waals surface area contributed by atoms with Crippen molar-refractivity contribution in [3.63, 3.8) is 0 Å². The molecule has 0 aromatic heterocycles. The summed E-state index contributed by atoms with van der Waals surface area (Å²) in [6, 6.07) is 15.1. The molecule has 0 aliphatic rings. The zero-order valence-corrected chi connectivity index (χ0v) is 25.0. The van der Waals surface area contributed by atoms with Crippen molar-refractivity contribution in [2.24, 2.45) is 5.92 Å².